The number of carbonyl (C=O) groups is 1. The number of hydrogen-bond acceptors (Lipinski definition) is 6. The quantitative estimate of drug-likeness (QED) is 0.272. The lowest BCUT2D eigenvalue weighted by molar-refractivity contribution is -0.122. The number of benzene rings is 4. The topological polar surface area (TPSA) is 99.8 Å². The molecule has 3 N–H and O–H groups in total. The van der Waals surface area contributed by atoms with E-state index in [0.717, 1.165) is 65.9 Å². The number of nitrogens with zero attached hydrogens (tertiary/aromatic N) is 1. The molecule has 2 aliphatic heterocycles. The highest BCUT2D eigenvalue weighted by Crippen LogP contribution is 2.36. The van der Waals surface area contributed by atoms with Crippen LogP contribution in [0.25, 0.3) is 10.8 Å². The van der Waals surface area contributed by atoms with Gasteiger partial charge < -0.3 is 15.4 Å². The third-order valence-electron chi connectivity index (χ3n) is 8.01. The van der Waals surface area contributed by atoms with E-state index in [4.69, 9.17) is 4.74 Å². The summed E-state index contributed by atoms with van der Waals surface area (Å²) in [5.41, 5.74) is 2.82. The largest absolute Gasteiger partial charge is 0.493 e. The van der Waals surface area contributed by atoms with Gasteiger partial charge in [0.25, 0.3) is 0 Å². The molecule has 42 heavy (non-hydrogen) atoms. The van der Waals surface area contributed by atoms with Gasteiger partial charge in [-0.05, 0) is 28.5 Å². The van der Waals surface area contributed by atoms with Gasteiger partial charge >= 0.3 is 0 Å². The van der Waals surface area contributed by atoms with Crippen LogP contribution in [-0.4, -0.2) is 52.0 Å². The second-order valence-electron chi connectivity index (χ2n) is 10.9. The fourth-order valence-electron chi connectivity index (χ4n) is 5.82. The van der Waals surface area contributed by atoms with Crippen LogP contribution in [0.2, 0.25) is 0 Å². The predicted molar refractivity (Wildman–Crippen MR) is 164 cm³/mol. The molecular formula is C33H36N4O4S. The Hall–Kier alpha value is -3.76. The van der Waals surface area contributed by atoms with E-state index in [1.54, 1.807) is 18.2 Å². The number of sulfonamides is 1. The number of carbonyl (C=O) groups excluding carboxylic acids is 1. The summed E-state index contributed by atoms with van der Waals surface area (Å²) >= 11 is 0. The van der Waals surface area contributed by atoms with Crippen molar-refractivity contribution in [2.45, 2.75) is 36.4 Å². The molecule has 2 heterocycles. The summed E-state index contributed by atoms with van der Waals surface area (Å²) in [5, 5.41) is 8.36. The molecule has 218 valence electrons. The van der Waals surface area contributed by atoms with Crippen LogP contribution in [0, 0.1) is 0 Å². The molecule has 4 aromatic rings. The van der Waals surface area contributed by atoms with E-state index in [0.29, 0.717) is 13.0 Å². The van der Waals surface area contributed by atoms with Crippen molar-refractivity contribution < 1.29 is 17.9 Å². The third kappa shape index (κ3) is 6.50. The molecule has 8 nitrogen and oxygen atoms in total. The minimum absolute atomic E-state index is 0.0377. The highest BCUT2D eigenvalue weighted by Gasteiger charge is 2.29. The number of para-hydroxylation sites is 1. The fraction of sp³-hybridized carbons (Fsp3) is 0.303. The van der Waals surface area contributed by atoms with Crippen molar-refractivity contribution >= 4 is 26.7 Å². The molecule has 0 spiro atoms. The second-order valence-corrected chi connectivity index (χ2v) is 12.6. The summed E-state index contributed by atoms with van der Waals surface area (Å²) in [4.78, 5) is 16.1. The van der Waals surface area contributed by atoms with E-state index in [-0.39, 0.29) is 23.3 Å². The molecule has 0 aromatic heterocycles. The smallest absolute Gasteiger partial charge is 0.241 e. The molecule has 2 aliphatic rings. The van der Waals surface area contributed by atoms with E-state index in [1.807, 2.05) is 66.7 Å². The summed E-state index contributed by atoms with van der Waals surface area (Å²) in [6.07, 6.45) is 0.610. The van der Waals surface area contributed by atoms with Crippen LogP contribution < -0.4 is 20.1 Å². The van der Waals surface area contributed by atoms with Crippen LogP contribution in [-0.2, 0) is 21.4 Å². The second kappa shape index (κ2) is 12.6. The lowest BCUT2D eigenvalue weighted by Crippen LogP contribution is -2.43. The van der Waals surface area contributed by atoms with Crippen molar-refractivity contribution in [1.29, 1.82) is 0 Å². The Morgan fingerprint density at radius 1 is 0.929 bits per heavy atom. The first-order valence-electron chi connectivity index (χ1n) is 14.5. The number of fused-ring (bicyclic) bond motifs is 2. The van der Waals surface area contributed by atoms with Gasteiger partial charge in [0, 0.05) is 56.7 Å². The maximum absolute atomic E-state index is 13.5. The minimum Gasteiger partial charge on any atom is -0.493 e. The maximum Gasteiger partial charge on any atom is 0.241 e. The Labute approximate surface area is 247 Å². The molecule has 1 saturated heterocycles. The Morgan fingerprint density at radius 2 is 1.69 bits per heavy atom. The molecule has 6 rings (SSSR count). The van der Waals surface area contributed by atoms with Crippen LogP contribution >= 0.6 is 0 Å². The number of ether oxygens (including phenoxy) is 1. The SMILES string of the molecule is O=C(CC(NS(=O)(=O)c1ccc2ccccc2c1)c1ccccc1)NC1CCOc2c(CN3CCNCC3)cccc21. The Bertz CT molecular complexity index is 1660. The normalized spacial score (nSPS) is 18.1. The average molecular weight is 585 g/mol. The van der Waals surface area contributed by atoms with Gasteiger partial charge in [-0.15, -0.1) is 0 Å². The van der Waals surface area contributed by atoms with Crippen molar-refractivity contribution in [3.63, 3.8) is 0 Å². The molecule has 0 bridgehead atoms. The average Bonchev–Trinajstić information content (AvgIpc) is 3.02. The Kier molecular flexibility index (Phi) is 8.53. The molecule has 2 atom stereocenters. The summed E-state index contributed by atoms with van der Waals surface area (Å²) in [7, 11) is -3.91. The lowest BCUT2D eigenvalue weighted by atomic mass is 9.96. The Morgan fingerprint density at radius 3 is 2.50 bits per heavy atom. The number of amides is 1. The molecule has 4 aromatic carbocycles. The van der Waals surface area contributed by atoms with E-state index in [1.165, 1.54) is 0 Å². The molecule has 1 fully saturated rings. The van der Waals surface area contributed by atoms with E-state index in [9.17, 15) is 13.2 Å². The number of piperazine rings is 1. The van der Waals surface area contributed by atoms with Crippen molar-refractivity contribution in [3.05, 3.63) is 108 Å². The van der Waals surface area contributed by atoms with Gasteiger partial charge in [-0.25, -0.2) is 13.1 Å². The Balaban J connectivity index is 1.19. The van der Waals surface area contributed by atoms with Gasteiger partial charge in [-0.3, -0.25) is 9.69 Å². The first-order chi connectivity index (χ1) is 20.5. The number of rotatable bonds is 9. The van der Waals surface area contributed by atoms with Crippen LogP contribution in [0.1, 0.15) is 41.6 Å². The predicted octanol–water partition coefficient (Wildman–Crippen LogP) is 4.29. The molecule has 0 saturated carbocycles. The van der Waals surface area contributed by atoms with Crippen molar-refractivity contribution in [1.82, 2.24) is 20.3 Å². The van der Waals surface area contributed by atoms with E-state index in [2.05, 4.69) is 26.3 Å². The standard InChI is InChI=1S/C33H36N4O4S/c38-32(35-30-15-20-41-33-27(11-6-12-29(30)33)23-37-18-16-34-17-19-37)22-31(25-8-2-1-3-9-25)36-42(39,40)28-14-13-24-7-4-5-10-26(24)21-28/h1-14,21,30-31,34,36H,15-20,22-23H2,(H,35,38). The van der Waals surface area contributed by atoms with Crippen molar-refractivity contribution in [2.75, 3.05) is 32.8 Å². The van der Waals surface area contributed by atoms with Crippen LogP contribution in [0.15, 0.2) is 95.9 Å². The van der Waals surface area contributed by atoms with Gasteiger partial charge in [0.1, 0.15) is 5.75 Å². The molecule has 2 unspecified atom stereocenters. The van der Waals surface area contributed by atoms with Crippen molar-refractivity contribution in [3.8, 4) is 5.75 Å². The van der Waals surface area contributed by atoms with Crippen LogP contribution in [0.3, 0.4) is 0 Å². The van der Waals surface area contributed by atoms with Crippen molar-refractivity contribution in [2.24, 2.45) is 0 Å². The third-order valence-corrected chi connectivity index (χ3v) is 9.48. The first-order valence-corrected chi connectivity index (χ1v) is 16.0. The van der Waals surface area contributed by atoms with Gasteiger partial charge in [-0.2, -0.15) is 0 Å². The molecular weight excluding hydrogens is 548 g/mol. The summed E-state index contributed by atoms with van der Waals surface area (Å²) in [5.74, 6) is 0.625. The van der Waals surface area contributed by atoms with Crippen LogP contribution in [0.5, 0.6) is 5.75 Å². The highest BCUT2D eigenvalue weighted by molar-refractivity contribution is 7.89. The zero-order valence-corrected chi connectivity index (χ0v) is 24.3. The number of nitrogens with one attached hydrogen (secondary N) is 3. The summed E-state index contributed by atoms with van der Waals surface area (Å²) < 4.78 is 36.0. The monoisotopic (exact) mass is 584 g/mol. The summed E-state index contributed by atoms with van der Waals surface area (Å²) in [6.45, 7) is 5.23. The first kappa shape index (κ1) is 28.4. The molecule has 1 amide bonds. The van der Waals surface area contributed by atoms with Gasteiger partial charge in [0.15, 0.2) is 0 Å². The fourth-order valence-corrected chi connectivity index (χ4v) is 7.07. The molecule has 0 radical (unpaired) electrons. The zero-order valence-electron chi connectivity index (χ0n) is 23.5. The van der Waals surface area contributed by atoms with Gasteiger partial charge in [-0.1, -0.05) is 78.9 Å². The van der Waals surface area contributed by atoms with E-state index < -0.39 is 16.1 Å². The zero-order chi connectivity index (χ0) is 28.9. The minimum atomic E-state index is -3.91. The van der Waals surface area contributed by atoms with Gasteiger partial charge in [0.2, 0.25) is 15.9 Å². The lowest BCUT2D eigenvalue weighted by Gasteiger charge is -2.31. The highest BCUT2D eigenvalue weighted by atomic mass is 32.2. The van der Waals surface area contributed by atoms with Gasteiger partial charge in [0.05, 0.1) is 23.6 Å². The molecule has 0 aliphatic carbocycles. The summed E-state index contributed by atoms with van der Waals surface area (Å²) in [6, 6.07) is 27.1. The van der Waals surface area contributed by atoms with Crippen LogP contribution in [0.4, 0.5) is 0 Å². The maximum atomic E-state index is 13.5. The van der Waals surface area contributed by atoms with E-state index >= 15 is 0 Å². The number of hydrogen-bond donors (Lipinski definition) is 3. The molecule has 9 heteroatoms.